The Morgan fingerprint density at radius 1 is 0.632 bits per heavy atom. The minimum atomic E-state index is 0.558. The van der Waals surface area contributed by atoms with Crippen molar-refractivity contribution in [2.45, 2.75) is 0 Å². The first-order valence-corrected chi connectivity index (χ1v) is 6.40. The van der Waals surface area contributed by atoms with Crippen molar-refractivity contribution in [1.29, 1.82) is 0 Å². The highest BCUT2D eigenvalue weighted by Crippen LogP contribution is 2.31. The summed E-state index contributed by atoms with van der Waals surface area (Å²) in [6.45, 7) is 0. The first-order chi connectivity index (χ1) is 9.86. The molecule has 0 fully saturated rings. The van der Waals surface area contributed by atoms with Crippen LogP contribution in [-0.2, 0) is 0 Å². The van der Waals surface area contributed by atoms with Crippen molar-refractivity contribution in [3.63, 3.8) is 0 Å². The molecule has 1 heterocycles. The van der Waals surface area contributed by atoms with Crippen LogP contribution in [-0.4, -0.2) is 4.57 Å². The van der Waals surface area contributed by atoms with Gasteiger partial charge in [-0.1, -0.05) is 54.6 Å². The number of fused-ring (bicyclic) bond motifs is 3. The monoisotopic (exact) mass is 244 g/mol. The molecule has 1 heteroatoms. The van der Waals surface area contributed by atoms with E-state index in [1.165, 1.54) is 5.39 Å². The van der Waals surface area contributed by atoms with E-state index in [0.29, 0.717) is 6.04 Å². The normalized spacial score (nSPS) is 11.9. The standard InChI is InChI=1S/C18H13N/c1-2-8-14(9-3-1)19-17-12-6-4-10-15(17)16-11-5-7-13-18(16)19/h1-13H/i12D. The number of hydrogen-bond donors (Lipinski definition) is 0. The van der Waals surface area contributed by atoms with Crippen molar-refractivity contribution in [2.75, 3.05) is 0 Å². The molecule has 90 valence electrons. The minimum Gasteiger partial charge on any atom is -0.309 e. The van der Waals surface area contributed by atoms with Gasteiger partial charge in [0.1, 0.15) is 0 Å². The lowest BCUT2D eigenvalue weighted by atomic mass is 10.2. The van der Waals surface area contributed by atoms with E-state index < -0.39 is 0 Å². The van der Waals surface area contributed by atoms with E-state index in [1.54, 1.807) is 0 Å². The molecule has 4 rings (SSSR count). The molecule has 0 aliphatic heterocycles. The maximum atomic E-state index is 8.27. The van der Waals surface area contributed by atoms with E-state index in [1.807, 2.05) is 42.5 Å². The highest BCUT2D eigenvalue weighted by molar-refractivity contribution is 6.09. The number of benzene rings is 3. The van der Waals surface area contributed by atoms with E-state index in [4.69, 9.17) is 1.37 Å². The molecule has 0 aliphatic carbocycles. The van der Waals surface area contributed by atoms with Crippen LogP contribution < -0.4 is 0 Å². The Morgan fingerprint density at radius 3 is 2.11 bits per heavy atom. The smallest absolute Gasteiger partial charge is 0.0645 e. The van der Waals surface area contributed by atoms with Gasteiger partial charge in [0.05, 0.1) is 12.4 Å². The Balaban J connectivity index is 2.27. The molecule has 0 aliphatic rings. The van der Waals surface area contributed by atoms with E-state index in [-0.39, 0.29) is 0 Å². The van der Waals surface area contributed by atoms with Crippen LogP contribution in [0.15, 0.2) is 78.8 Å². The number of para-hydroxylation sites is 3. The molecule has 0 atom stereocenters. The van der Waals surface area contributed by atoms with Crippen molar-refractivity contribution in [3.8, 4) is 5.69 Å². The SMILES string of the molecule is [2H]c1cccc2c3ccccc3n(-c3ccccc3)c12. The first kappa shape index (κ1) is 9.40. The van der Waals surface area contributed by atoms with Crippen LogP contribution in [0.1, 0.15) is 1.37 Å². The van der Waals surface area contributed by atoms with Crippen LogP contribution >= 0.6 is 0 Å². The van der Waals surface area contributed by atoms with Crippen molar-refractivity contribution < 1.29 is 1.37 Å². The number of hydrogen-bond acceptors (Lipinski definition) is 0. The second-order valence-corrected chi connectivity index (χ2v) is 4.62. The molecule has 1 aromatic heterocycles. The zero-order chi connectivity index (χ0) is 13.5. The molecule has 0 radical (unpaired) electrons. The molecule has 0 saturated carbocycles. The first-order valence-electron chi connectivity index (χ1n) is 6.90. The quantitative estimate of drug-likeness (QED) is 0.454. The summed E-state index contributed by atoms with van der Waals surface area (Å²) in [7, 11) is 0. The van der Waals surface area contributed by atoms with Crippen molar-refractivity contribution >= 4 is 21.8 Å². The molecule has 1 nitrogen and oxygen atoms in total. The van der Waals surface area contributed by atoms with E-state index in [0.717, 1.165) is 22.1 Å². The van der Waals surface area contributed by atoms with Crippen LogP contribution in [0.5, 0.6) is 0 Å². The highest BCUT2D eigenvalue weighted by Gasteiger charge is 2.10. The zero-order valence-electron chi connectivity index (χ0n) is 11.4. The molecule has 4 aromatic rings. The van der Waals surface area contributed by atoms with Crippen molar-refractivity contribution in [3.05, 3.63) is 78.8 Å². The van der Waals surface area contributed by atoms with Gasteiger partial charge in [0, 0.05) is 16.5 Å². The Kier molecular flexibility index (Phi) is 1.97. The summed E-state index contributed by atoms with van der Waals surface area (Å²) < 4.78 is 10.4. The Labute approximate surface area is 113 Å². The van der Waals surface area contributed by atoms with Crippen LogP contribution in [0.3, 0.4) is 0 Å². The largest absolute Gasteiger partial charge is 0.309 e. The van der Waals surface area contributed by atoms with Gasteiger partial charge >= 0.3 is 0 Å². The molecule has 3 aromatic carbocycles. The summed E-state index contributed by atoms with van der Waals surface area (Å²) in [6, 6.07) is 25.0. The Bertz CT molecular complexity index is 907. The molecule has 0 amide bonds. The summed E-state index contributed by atoms with van der Waals surface area (Å²) in [5.41, 5.74) is 3.21. The predicted octanol–water partition coefficient (Wildman–Crippen LogP) is 4.78. The third-order valence-electron chi connectivity index (χ3n) is 3.51. The van der Waals surface area contributed by atoms with Gasteiger partial charge in [0.15, 0.2) is 0 Å². The lowest BCUT2D eigenvalue weighted by molar-refractivity contribution is 1.18. The lowest BCUT2D eigenvalue weighted by Gasteiger charge is -2.06. The van der Waals surface area contributed by atoms with Crippen molar-refractivity contribution in [1.82, 2.24) is 4.57 Å². The average Bonchev–Trinajstić information content (AvgIpc) is 2.84. The fraction of sp³-hybridized carbons (Fsp3) is 0. The zero-order valence-corrected chi connectivity index (χ0v) is 10.4. The second kappa shape index (κ2) is 3.99. The lowest BCUT2D eigenvalue weighted by Crippen LogP contribution is -1.92. The minimum absolute atomic E-state index is 0.558. The number of rotatable bonds is 1. The van der Waals surface area contributed by atoms with Crippen LogP contribution in [0.4, 0.5) is 0 Å². The number of aromatic nitrogens is 1. The van der Waals surface area contributed by atoms with Gasteiger partial charge < -0.3 is 4.57 Å². The molecule has 19 heavy (non-hydrogen) atoms. The molecule has 0 bridgehead atoms. The third kappa shape index (κ3) is 1.48. The van der Waals surface area contributed by atoms with Gasteiger partial charge in [0.25, 0.3) is 0 Å². The summed E-state index contributed by atoms with van der Waals surface area (Å²) in [5.74, 6) is 0. The van der Waals surface area contributed by atoms with E-state index in [9.17, 15) is 0 Å². The summed E-state index contributed by atoms with van der Waals surface area (Å²) in [5, 5.41) is 2.33. The fourth-order valence-corrected chi connectivity index (χ4v) is 2.69. The Morgan fingerprint density at radius 2 is 1.26 bits per heavy atom. The van der Waals surface area contributed by atoms with Crippen molar-refractivity contribution in [2.24, 2.45) is 0 Å². The van der Waals surface area contributed by atoms with E-state index >= 15 is 0 Å². The molecule has 0 spiro atoms. The molecular weight excluding hydrogens is 230 g/mol. The fourth-order valence-electron chi connectivity index (χ4n) is 2.69. The van der Waals surface area contributed by atoms with Gasteiger partial charge in [0.2, 0.25) is 0 Å². The van der Waals surface area contributed by atoms with Gasteiger partial charge in [-0.05, 0) is 24.2 Å². The number of nitrogens with zero attached hydrogens (tertiary/aromatic N) is 1. The topological polar surface area (TPSA) is 4.93 Å². The molecular formula is C18H13N. The average molecular weight is 244 g/mol. The van der Waals surface area contributed by atoms with E-state index in [2.05, 4.69) is 34.9 Å². The van der Waals surface area contributed by atoms with Crippen LogP contribution in [0.25, 0.3) is 27.5 Å². The summed E-state index contributed by atoms with van der Waals surface area (Å²) in [6.07, 6.45) is 0. The maximum absolute atomic E-state index is 8.27. The molecule has 0 saturated heterocycles. The maximum Gasteiger partial charge on any atom is 0.0645 e. The van der Waals surface area contributed by atoms with Gasteiger partial charge in [-0.3, -0.25) is 0 Å². The molecule has 0 unspecified atom stereocenters. The summed E-state index contributed by atoms with van der Waals surface area (Å²) in [4.78, 5) is 0. The second-order valence-electron chi connectivity index (χ2n) is 4.62. The van der Waals surface area contributed by atoms with Crippen LogP contribution in [0.2, 0.25) is 0 Å². The van der Waals surface area contributed by atoms with Gasteiger partial charge in [-0.2, -0.15) is 0 Å². The third-order valence-corrected chi connectivity index (χ3v) is 3.51. The molecule has 0 N–H and O–H groups in total. The van der Waals surface area contributed by atoms with Crippen LogP contribution in [0, 0.1) is 0 Å². The summed E-state index contributed by atoms with van der Waals surface area (Å²) >= 11 is 0. The van der Waals surface area contributed by atoms with Gasteiger partial charge in [-0.15, -0.1) is 0 Å². The predicted molar refractivity (Wildman–Crippen MR) is 80.8 cm³/mol. The Hall–Kier alpha value is -2.54. The highest BCUT2D eigenvalue weighted by atomic mass is 15.0. The van der Waals surface area contributed by atoms with Gasteiger partial charge in [-0.25, -0.2) is 0 Å².